The second kappa shape index (κ2) is 9.72. The molecule has 0 bridgehead atoms. The van der Waals surface area contributed by atoms with Crippen molar-refractivity contribution in [3.8, 4) is 6.07 Å². The van der Waals surface area contributed by atoms with Crippen molar-refractivity contribution in [3.05, 3.63) is 106 Å². The summed E-state index contributed by atoms with van der Waals surface area (Å²) in [5, 5.41) is 12.4. The van der Waals surface area contributed by atoms with E-state index in [0.29, 0.717) is 17.8 Å². The number of nitrogens with zero attached hydrogens (tertiary/aromatic N) is 2. The van der Waals surface area contributed by atoms with E-state index in [1.54, 1.807) is 48.5 Å². The fourth-order valence-corrected chi connectivity index (χ4v) is 4.86. The summed E-state index contributed by atoms with van der Waals surface area (Å²) in [5.74, 6) is -1.17. The Morgan fingerprint density at radius 2 is 1.82 bits per heavy atom. The molecular weight excluding hydrogens is 437 g/mol. The predicted octanol–water partition coefficient (Wildman–Crippen LogP) is 5.20. The minimum Gasteiger partial charge on any atom is -0.321 e. The van der Waals surface area contributed by atoms with Gasteiger partial charge in [-0.2, -0.15) is 5.26 Å². The van der Waals surface area contributed by atoms with Gasteiger partial charge in [-0.3, -0.25) is 14.5 Å². The van der Waals surface area contributed by atoms with Crippen LogP contribution in [0.2, 0.25) is 0 Å². The van der Waals surface area contributed by atoms with Gasteiger partial charge in [-0.1, -0.05) is 54.2 Å². The number of carbonyl (C=O) groups is 2. The van der Waals surface area contributed by atoms with Gasteiger partial charge in [-0.15, -0.1) is 0 Å². The molecule has 1 aliphatic rings. The molecule has 4 rings (SSSR count). The van der Waals surface area contributed by atoms with Crippen LogP contribution >= 0.6 is 11.8 Å². The van der Waals surface area contributed by atoms with E-state index in [-0.39, 0.29) is 22.3 Å². The van der Waals surface area contributed by atoms with Gasteiger partial charge < -0.3 is 5.32 Å². The predicted molar refractivity (Wildman–Crippen MR) is 128 cm³/mol. The highest BCUT2D eigenvalue weighted by molar-refractivity contribution is 8.05. The van der Waals surface area contributed by atoms with Crippen LogP contribution in [0, 0.1) is 24.1 Å². The first-order valence-electron chi connectivity index (χ1n) is 10.3. The van der Waals surface area contributed by atoms with E-state index in [1.807, 2.05) is 31.2 Å². The Hall–Kier alpha value is -3.89. The second-order valence-electron chi connectivity index (χ2n) is 7.56. The van der Waals surface area contributed by atoms with Crippen molar-refractivity contribution in [2.24, 2.45) is 0 Å². The molecule has 1 fully saturated rings. The van der Waals surface area contributed by atoms with Gasteiger partial charge in [0.25, 0.3) is 5.91 Å². The summed E-state index contributed by atoms with van der Waals surface area (Å²) in [6, 6.07) is 24.1. The number of hydrogen-bond donors (Lipinski definition) is 1. The highest BCUT2D eigenvalue weighted by Crippen LogP contribution is 2.42. The van der Waals surface area contributed by atoms with Crippen molar-refractivity contribution >= 4 is 35.0 Å². The maximum atomic E-state index is 13.4. The van der Waals surface area contributed by atoms with E-state index in [9.17, 15) is 19.2 Å². The Morgan fingerprint density at radius 3 is 2.48 bits per heavy atom. The van der Waals surface area contributed by atoms with E-state index in [4.69, 9.17) is 0 Å². The quantitative estimate of drug-likeness (QED) is 0.422. The molecule has 3 aromatic rings. The van der Waals surface area contributed by atoms with E-state index in [1.165, 1.54) is 28.8 Å². The van der Waals surface area contributed by atoms with E-state index in [2.05, 4.69) is 5.32 Å². The van der Waals surface area contributed by atoms with Crippen LogP contribution in [0.1, 0.15) is 11.1 Å². The number of benzene rings is 3. The third kappa shape index (κ3) is 4.97. The molecule has 5 nitrogen and oxygen atoms in total. The van der Waals surface area contributed by atoms with E-state index in [0.717, 1.165) is 11.1 Å². The number of amides is 2. The number of thioether (sulfide) groups is 1. The van der Waals surface area contributed by atoms with Crippen molar-refractivity contribution in [1.82, 2.24) is 0 Å². The number of anilines is 2. The number of nitrogens with one attached hydrogen (secondary N) is 1. The number of halogens is 1. The van der Waals surface area contributed by atoms with Crippen LogP contribution in [0.4, 0.5) is 15.8 Å². The van der Waals surface area contributed by atoms with Crippen LogP contribution in [-0.4, -0.2) is 17.1 Å². The number of nitriles is 1. The summed E-state index contributed by atoms with van der Waals surface area (Å²) in [7, 11) is 0. The van der Waals surface area contributed by atoms with Crippen molar-refractivity contribution in [2.45, 2.75) is 18.6 Å². The molecule has 0 saturated carbocycles. The molecule has 3 aromatic carbocycles. The lowest BCUT2D eigenvalue weighted by atomic mass is 10.1. The first-order chi connectivity index (χ1) is 16.0. The first kappa shape index (κ1) is 22.3. The molecule has 0 aliphatic carbocycles. The average molecular weight is 458 g/mol. The maximum absolute atomic E-state index is 13.4. The molecule has 164 valence electrons. The van der Waals surface area contributed by atoms with Crippen LogP contribution in [-0.2, 0) is 16.0 Å². The SMILES string of the molecule is Cc1cccc(NC(=O)/C(C#N)=C2\S[C@@H](Cc3ccc(F)cc3)C(=O)N2c2ccccc2)c1. The number of para-hydroxylation sites is 1. The van der Waals surface area contributed by atoms with Crippen LogP contribution in [0.15, 0.2) is 89.5 Å². The zero-order valence-corrected chi connectivity index (χ0v) is 18.6. The van der Waals surface area contributed by atoms with Gasteiger partial charge in [-0.05, 0) is 60.9 Å². The van der Waals surface area contributed by atoms with Gasteiger partial charge in [0, 0.05) is 11.4 Å². The normalized spacial score (nSPS) is 16.9. The maximum Gasteiger partial charge on any atom is 0.269 e. The fraction of sp³-hybridized carbons (Fsp3) is 0.115. The summed E-state index contributed by atoms with van der Waals surface area (Å²) in [6.07, 6.45) is 0.342. The monoisotopic (exact) mass is 457 g/mol. The van der Waals surface area contributed by atoms with Crippen molar-refractivity contribution in [2.75, 3.05) is 10.2 Å². The minimum absolute atomic E-state index is 0.139. The van der Waals surface area contributed by atoms with Gasteiger partial charge >= 0.3 is 0 Å². The smallest absolute Gasteiger partial charge is 0.269 e. The van der Waals surface area contributed by atoms with Crippen LogP contribution < -0.4 is 10.2 Å². The minimum atomic E-state index is -0.582. The number of rotatable bonds is 5. The zero-order chi connectivity index (χ0) is 23.4. The molecule has 1 aliphatic heterocycles. The Labute approximate surface area is 195 Å². The third-order valence-electron chi connectivity index (χ3n) is 5.13. The van der Waals surface area contributed by atoms with Gasteiger partial charge in [0.05, 0.1) is 5.25 Å². The Kier molecular flexibility index (Phi) is 6.57. The molecule has 0 aromatic heterocycles. The average Bonchev–Trinajstić information content (AvgIpc) is 3.12. The Morgan fingerprint density at radius 1 is 1.09 bits per heavy atom. The molecule has 0 spiro atoms. The Bertz CT molecular complexity index is 1270. The Balaban J connectivity index is 1.71. The molecule has 1 saturated heterocycles. The molecule has 33 heavy (non-hydrogen) atoms. The van der Waals surface area contributed by atoms with Crippen molar-refractivity contribution in [3.63, 3.8) is 0 Å². The van der Waals surface area contributed by atoms with Crippen LogP contribution in [0.5, 0.6) is 0 Å². The van der Waals surface area contributed by atoms with Gasteiger partial charge in [0.2, 0.25) is 5.91 Å². The summed E-state index contributed by atoms with van der Waals surface area (Å²) < 4.78 is 13.3. The van der Waals surface area contributed by atoms with Crippen LogP contribution in [0.25, 0.3) is 0 Å². The number of carbonyl (C=O) groups excluding carboxylic acids is 2. The summed E-state index contributed by atoms with van der Waals surface area (Å²) in [4.78, 5) is 27.9. The van der Waals surface area contributed by atoms with Gasteiger partial charge in [-0.25, -0.2) is 4.39 Å². The summed E-state index contributed by atoms with van der Waals surface area (Å²) in [5.41, 5.74) is 2.76. The fourth-order valence-electron chi connectivity index (χ4n) is 3.55. The highest BCUT2D eigenvalue weighted by Gasteiger charge is 2.40. The third-order valence-corrected chi connectivity index (χ3v) is 6.39. The number of aryl methyl sites for hydroxylation is 1. The molecule has 0 unspecified atom stereocenters. The second-order valence-corrected chi connectivity index (χ2v) is 8.75. The van der Waals surface area contributed by atoms with Crippen molar-refractivity contribution < 1.29 is 14.0 Å². The molecule has 1 N–H and O–H groups in total. The van der Waals surface area contributed by atoms with Crippen LogP contribution in [0.3, 0.4) is 0 Å². The molecule has 7 heteroatoms. The standard InChI is InChI=1S/C26H20FN3O2S/c1-17-6-5-7-20(14-17)29-24(31)22(16-28)26-30(21-8-3-2-4-9-21)25(32)23(33-26)15-18-10-12-19(27)13-11-18/h2-14,23H,15H2,1H3,(H,29,31)/b26-22-/t23-/m0/s1. The lowest BCUT2D eigenvalue weighted by Crippen LogP contribution is -2.30. The van der Waals surface area contributed by atoms with E-state index < -0.39 is 11.2 Å². The van der Waals surface area contributed by atoms with Crippen molar-refractivity contribution in [1.29, 1.82) is 5.26 Å². The lowest BCUT2D eigenvalue weighted by Gasteiger charge is -2.18. The zero-order valence-electron chi connectivity index (χ0n) is 17.8. The van der Waals surface area contributed by atoms with Gasteiger partial charge in [0.1, 0.15) is 22.5 Å². The highest BCUT2D eigenvalue weighted by atomic mass is 32.2. The number of hydrogen-bond acceptors (Lipinski definition) is 4. The van der Waals surface area contributed by atoms with Gasteiger partial charge in [0.15, 0.2) is 0 Å². The molecule has 1 heterocycles. The first-order valence-corrected chi connectivity index (χ1v) is 11.2. The van der Waals surface area contributed by atoms with E-state index >= 15 is 0 Å². The summed E-state index contributed by atoms with van der Waals surface area (Å²) in [6.45, 7) is 1.90. The molecule has 0 radical (unpaired) electrons. The molecular formula is C26H20FN3O2S. The largest absolute Gasteiger partial charge is 0.321 e. The molecule has 1 atom stereocenters. The molecule has 2 amide bonds. The topological polar surface area (TPSA) is 73.2 Å². The lowest BCUT2D eigenvalue weighted by molar-refractivity contribution is -0.117. The summed E-state index contributed by atoms with van der Waals surface area (Å²) >= 11 is 1.17.